The summed E-state index contributed by atoms with van der Waals surface area (Å²) in [5.74, 6) is 0.135. The average molecular weight is 296 g/mol. The molecule has 1 unspecified atom stereocenters. The minimum Gasteiger partial charge on any atom is -0.383 e. The Morgan fingerprint density at radius 3 is 2.86 bits per heavy atom. The molecule has 22 heavy (non-hydrogen) atoms. The molecule has 5 nitrogen and oxygen atoms in total. The molecule has 0 radical (unpaired) electrons. The summed E-state index contributed by atoms with van der Waals surface area (Å²) in [6.45, 7) is 2.77. The lowest BCUT2D eigenvalue weighted by Crippen LogP contribution is -2.37. The Bertz CT molecular complexity index is 644. The van der Waals surface area contributed by atoms with E-state index in [1.165, 1.54) is 5.56 Å². The number of amides is 1. The molecule has 1 saturated heterocycles. The second kappa shape index (κ2) is 6.58. The molecule has 2 aromatic rings. The van der Waals surface area contributed by atoms with Crippen LogP contribution in [0.4, 0.5) is 5.82 Å². The summed E-state index contributed by atoms with van der Waals surface area (Å²) in [5.41, 5.74) is 7.49. The Labute approximate surface area is 130 Å². The number of nitrogens with zero attached hydrogens (tertiary/aromatic N) is 2. The van der Waals surface area contributed by atoms with Crippen LogP contribution in [0.1, 0.15) is 22.3 Å². The molecule has 1 aromatic carbocycles. The number of hydrogen-bond donors (Lipinski definition) is 2. The molecule has 3 N–H and O–H groups in total. The molecule has 5 heteroatoms. The summed E-state index contributed by atoms with van der Waals surface area (Å²) >= 11 is 0. The van der Waals surface area contributed by atoms with Gasteiger partial charge in [-0.15, -0.1) is 0 Å². The molecule has 0 aliphatic carbocycles. The van der Waals surface area contributed by atoms with E-state index in [1.54, 1.807) is 18.3 Å². The standard InChI is InChI=1S/C17H20N4O/c18-16-15(7-4-9-19-16)17(22)20-14-8-10-21(12-14)11-13-5-2-1-3-6-13/h1-7,9,14H,8,10-12H2,(H2,18,19)(H,20,22). The van der Waals surface area contributed by atoms with Crippen LogP contribution in [0, 0.1) is 0 Å². The molecule has 0 spiro atoms. The molecule has 1 atom stereocenters. The van der Waals surface area contributed by atoms with Crippen molar-refractivity contribution in [3.05, 3.63) is 59.8 Å². The molecule has 1 amide bonds. The van der Waals surface area contributed by atoms with Crippen LogP contribution in [0.2, 0.25) is 0 Å². The molecule has 0 bridgehead atoms. The molecular formula is C17H20N4O. The van der Waals surface area contributed by atoms with Gasteiger partial charge in [0.15, 0.2) is 0 Å². The number of nitrogens with one attached hydrogen (secondary N) is 1. The second-order valence-corrected chi connectivity index (χ2v) is 5.62. The van der Waals surface area contributed by atoms with E-state index >= 15 is 0 Å². The lowest BCUT2D eigenvalue weighted by molar-refractivity contribution is 0.0938. The molecular weight excluding hydrogens is 276 g/mol. The molecule has 1 aliphatic heterocycles. The minimum absolute atomic E-state index is 0.142. The Morgan fingerprint density at radius 2 is 2.09 bits per heavy atom. The fourth-order valence-corrected chi connectivity index (χ4v) is 2.81. The van der Waals surface area contributed by atoms with Crippen LogP contribution in [0.3, 0.4) is 0 Å². The first-order chi connectivity index (χ1) is 10.7. The lowest BCUT2D eigenvalue weighted by atomic mass is 10.2. The van der Waals surface area contributed by atoms with Crippen molar-refractivity contribution < 1.29 is 4.79 Å². The van der Waals surface area contributed by atoms with Crippen LogP contribution in [0.15, 0.2) is 48.7 Å². The van der Waals surface area contributed by atoms with Crippen molar-refractivity contribution in [1.82, 2.24) is 15.2 Å². The zero-order valence-electron chi connectivity index (χ0n) is 12.4. The van der Waals surface area contributed by atoms with Gasteiger partial charge < -0.3 is 11.1 Å². The zero-order chi connectivity index (χ0) is 15.4. The summed E-state index contributed by atoms with van der Waals surface area (Å²) in [6.07, 6.45) is 2.54. The Hall–Kier alpha value is -2.40. The maximum Gasteiger partial charge on any atom is 0.255 e. The molecule has 0 saturated carbocycles. The Morgan fingerprint density at radius 1 is 1.27 bits per heavy atom. The van der Waals surface area contributed by atoms with E-state index in [9.17, 15) is 4.79 Å². The maximum absolute atomic E-state index is 12.2. The van der Waals surface area contributed by atoms with Crippen LogP contribution in [-0.2, 0) is 6.54 Å². The number of likely N-dealkylation sites (tertiary alicyclic amines) is 1. The lowest BCUT2D eigenvalue weighted by Gasteiger charge is -2.17. The predicted octanol–water partition coefficient (Wildman–Crippen LogP) is 1.67. The van der Waals surface area contributed by atoms with E-state index in [4.69, 9.17) is 5.73 Å². The predicted molar refractivity (Wildman–Crippen MR) is 86.2 cm³/mol. The van der Waals surface area contributed by atoms with Gasteiger partial charge in [0.25, 0.3) is 5.91 Å². The van der Waals surface area contributed by atoms with Gasteiger partial charge in [0.05, 0.1) is 5.56 Å². The van der Waals surface area contributed by atoms with Crippen molar-refractivity contribution in [3.8, 4) is 0 Å². The quantitative estimate of drug-likeness (QED) is 0.900. The van der Waals surface area contributed by atoms with Crippen molar-refractivity contribution in [2.75, 3.05) is 18.8 Å². The van der Waals surface area contributed by atoms with Crippen LogP contribution in [-0.4, -0.2) is 34.9 Å². The normalized spacial score (nSPS) is 18.3. The van der Waals surface area contributed by atoms with Gasteiger partial charge in [-0.1, -0.05) is 30.3 Å². The van der Waals surface area contributed by atoms with Gasteiger partial charge in [0.2, 0.25) is 0 Å². The molecule has 114 valence electrons. The number of aromatic nitrogens is 1. The highest BCUT2D eigenvalue weighted by molar-refractivity contribution is 5.98. The van der Waals surface area contributed by atoms with Crippen molar-refractivity contribution in [2.24, 2.45) is 0 Å². The number of anilines is 1. The third-order valence-electron chi connectivity index (χ3n) is 3.94. The minimum atomic E-state index is -0.142. The highest BCUT2D eigenvalue weighted by atomic mass is 16.1. The highest BCUT2D eigenvalue weighted by Gasteiger charge is 2.24. The molecule has 1 aromatic heterocycles. The van der Waals surface area contributed by atoms with E-state index in [0.29, 0.717) is 5.56 Å². The van der Waals surface area contributed by atoms with E-state index in [0.717, 1.165) is 26.1 Å². The first-order valence-electron chi connectivity index (χ1n) is 7.50. The van der Waals surface area contributed by atoms with Gasteiger partial charge >= 0.3 is 0 Å². The number of benzene rings is 1. The average Bonchev–Trinajstić information content (AvgIpc) is 2.95. The largest absolute Gasteiger partial charge is 0.383 e. The summed E-state index contributed by atoms with van der Waals surface area (Å²) in [6, 6.07) is 14.0. The number of carbonyl (C=O) groups excluding carboxylic acids is 1. The maximum atomic E-state index is 12.2. The third-order valence-corrected chi connectivity index (χ3v) is 3.94. The number of nitrogen functional groups attached to an aromatic ring is 1. The van der Waals surface area contributed by atoms with Crippen molar-refractivity contribution in [2.45, 2.75) is 19.0 Å². The highest BCUT2D eigenvalue weighted by Crippen LogP contribution is 2.15. The van der Waals surface area contributed by atoms with Gasteiger partial charge in [-0.25, -0.2) is 4.98 Å². The number of nitrogens with two attached hydrogens (primary N) is 1. The van der Waals surface area contributed by atoms with E-state index in [2.05, 4.69) is 39.5 Å². The Kier molecular flexibility index (Phi) is 4.34. The topological polar surface area (TPSA) is 71.2 Å². The number of rotatable bonds is 4. The number of pyridine rings is 1. The van der Waals surface area contributed by atoms with Crippen molar-refractivity contribution in [1.29, 1.82) is 0 Å². The summed E-state index contributed by atoms with van der Waals surface area (Å²) in [7, 11) is 0. The zero-order valence-corrected chi connectivity index (χ0v) is 12.4. The summed E-state index contributed by atoms with van der Waals surface area (Å²) in [5, 5.41) is 3.05. The van der Waals surface area contributed by atoms with Gasteiger partial charge in [-0.05, 0) is 24.1 Å². The van der Waals surface area contributed by atoms with Crippen molar-refractivity contribution >= 4 is 11.7 Å². The first-order valence-corrected chi connectivity index (χ1v) is 7.50. The first kappa shape index (κ1) is 14.5. The second-order valence-electron chi connectivity index (χ2n) is 5.62. The smallest absolute Gasteiger partial charge is 0.255 e. The molecule has 1 fully saturated rings. The number of hydrogen-bond acceptors (Lipinski definition) is 4. The van der Waals surface area contributed by atoms with Crippen LogP contribution in [0.25, 0.3) is 0 Å². The molecule has 3 rings (SSSR count). The molecule has 1 aliphatic rings. The van der Waals surface area contributed by atoms with Crippen molar-refractivity contribution in [3.63, 3.8) is 0 Å². The van der Waals surface area contributed by atoms with E-state index in [-0.39, 0.29) is 17.8 Å². The fourth-order valence-electron chi connectivity index (χ4n) is 2.81. The van der Waals surface area contributed by atoms with Gasteiger partial charge in [0, 0.05) is 31.9 Å². The fraction of sp³-hybridized carbons (Fsp3) is 0.294. The summed E-state index contributed by atoms with van der Waals surface area (Å²) < 4.78 is 0. The third kappa shape index (κ3) is 3.43. The molecule has 2 heterocycles. The Balaban J connectivity index is 1.55. The van der Waals surface area contributed by atoms with Gasteiger partial charge in [-0.2, -0.15) is 0 Å². The van der Waals surface area contributed by atoms with Gasteiger partial charge in [0.1, 0.15) is 5.82 Å². The van der Waals surface area contributed by atoms with Gasteiger partial charge in [-0.3, -0.25) is 9.69 Å². The van der Waals surface area contributed by atoms with E-state index in [1.807, 2.05) is 6.07 Å². The van der Waals surface area contributed by atoms with Crippen LogP contribution >= 0.6 is 0 Å². The number of carbonyl (C=O) groups is 1. The monoisotopic (exact) mass is 296 g/mol. The van der Waals surface area contributed by atoms with Crippen LogP contribution in [0.5, 0.6) is 0 Å². The van der Waals surface area contributed by atoms with Crippen LogP contribution < -0.4 is 11.1 Å². The SMILES string of the molecule is Nc1ncccc1C(=O)NC1CCN(Cc2ccccc2)C1. The van der Waals surface area contributed by atoms with E-state index < -0.39 is 0 Å². The summed E-state index contributed by atoms with van der Waals surface area (Å²) in [4.78, 5) is 18.5.